The van der Waals surface area contributed by atoms with E-state index in [1.807, 2.05) is 0 Å². The van der Waals surface area contributed by atoms with Crippen LogP contribution in [0.5, 0.6) is 0 Å². The average Bonchev–Trinajstić information content (AvgIpc) is 2.50. The highest BCUT2D eigenvalue weighted by Crippen LogP contribution is 2.42. The Labute approximate surface area is 81.2 Å². The molecule has 0 atom stereocenters. The highest BCUT2D eigenvalue weighted by molar-refractivity contribution is 5.82. The third-order valence-electron chi connectivity index (χ3n) is 3.21. The molecular weight excluding hydrogens is 160 g/mol. The fourth-order valence-corrected chi connectivity index (χ4v) is 2.15. The van der Waals surface area contributed by atoms with Gasteiger partial charge in [-0.3, -0.25) is 4.79 Å². The van der Waals surface area contributed by atoms with E-state index >= 15 is 0 Å². The van der Waals surface area contributed by atoms with Gasteiger partial charge in [-0.25, -0.2) is 0 Å². The lowest BCUT2D eigenvalue weighted by Crippen LogP contribution is -2.24. The third kappa shape index (κ3) is 2.43. The van der Waals surface area contributed by atoms with Gasteiger partial charge in [-0.2, -0.15) is 0 Å². The van der Waals surface area contributed by atoms with Crippen molar-refractivity contribution in [3.63, 3.8) is 0 Å². The van der Waals surface area contributed by atoms with Crippen molar-refractivity contribution in [1.82, 2.24) is 0 Å². The summed E-state index contributed by atoms with van der Waals surface area (Å²) in [4.78, 5) is 11.6. The van der Waals surface area contributed by atoms with Crippen molar-refractivity contribution in [2.45, 2.75) is 52.9 Å². The first-order valence-electron chi connectivity index (χ1n) is 5.21. The highest BCUT2D eigenvalue weighted by atomic mass is 16.1. The zero-order valence-corrected chi connectivity index (χ0v) is 9.02. The van der Waals surface area contributed by atoms with Crippen LogP contribution in [0.15, 0.2) is 11.6 Å². The second kappa shape index (κ2) is 4.08. The van der Waals surface area contributed by atoms with Crippen LogP contribution in [0.3, 0.4) is 0 Å². The zero-order chi connectivity index (χ0) is 9.90. The standard InChI is InChI=1S/C12H20O/c1-10(2)6-9-12(11(3)13)7-4-5-8-12/h6H,4-5,7-9H2,1-3H3. The maximum absolute atomic E-state index is 11.6. The summed E-state index contributed by atoms with van der Waals surface area (Å²) in [5.41, 5.74) is 1.34. The van der Waals surface area contributed by atoms with E-state index in [0.29, 0.717) is 5.78 Å². The molecule has 0 bridgehead atoms. The van der Waals surface area contributed by atoms with E-state index in [1.54, 1.807) is 6.92 Å². The Morgan fingerprint density at radius 1 is 1.23 bits per heavy atom. The molecule has 13 heavy (non-hydrogen) atoms. The first kappa shape index (κ1) is 10.5. The van der Waals surface area contributed by atoms with Crippen molar-refractivity contribution in [3.05, 3.63) is 11.6 Å². The molecule has 1 saturated carbocycles. The number of Topliss-reactive ketones (excluding diaryl/α,β-unsaturated/α-hetero) is 1. The van der Waals surface area contributed by atoms with E-state index in [4.69, 9.17) is 0 Å². The summed E-state index contributed by atoms with van der Waals surface area (Å²) in [7, 11) is 0. The van der Waals surface area contributed by atoms with Crippen molar-refractivity contribution >= 4 is 5.78 Å². The monoisotopic (exact) mass is 180 g/mol. The minimum absolute atomic E-state index is 0.0112. The predicted octanol–water partition coefficient (Wildman–Crippen LogP) is 3.49. The van der Waals surface area contributed by atoms with Gasteiger partial charge >= 0.3 is 0 Å². The highest BCUT2D eigenvalue weighted by Gasteiger charge is 2.36. The van der Waals surface area contributed by atoms with Crippen LogP contribution in [-0.2, 0) is 4.79 Å². The molecule has 0 amide bonds. The molecule has 74 valence electrons. The molecule has 1 nitrogen and oxygen atoms in total. The van der Waals surface area contributed by atoms with Gasteiger partial charge in [-0.15, -0.1) is 0 Å². The number of carbonyl (C=O) groups excluding carboxylic acids is 1. The molecule has 0 N–H and O–H groups in total. The zero-order valence-electron chi connectivity index (χ0n) is 9.02. The van der Waals surface area contributed by atoms with Crippen LogP contribution in [0.4, 0.5) is 0 Å². The van der Waals surface area contributed by atoms with Gasteiger partial charge in [0.25, 0.3) is 0 Å². The lowest BCUT2D eigenvalue weighted by molar-refractivity contribution is -0.126. The van der Waals surface area contributed by atoms with Gasteiger partial charge in [-0.1, -0.05) is 24.5 Å². The summed E-state index contributed by atoms with van der Waals surface area (Å²) in [6, 6.07) is 0. The minimum Gasteiger partial charge on any atom is -0.299 e. The Bertz CT molecular complexity index is 215. The van der Waals surface area contributed by atoms with Crippen LogP contribution in [0.1, 0.15) is 52.9 Å². The summed E-state index contributed by atoms with van der Waals surface area (Å²) >= 11 is 0. The Morgan fingerprint density at radius 2 is 1.77 bits per heavy atom. The maximum atomic E-state index is 11.6. The van der Waals surface area contributed by atoms with Gasteiger partial charge < -0.3 is 0 Å². The van der Waals surface area contributed by atoms with E-state index in [0.717, 1.165) is 19.3 Å². The summed E-state index contributed by atoms with van der Waals surface area (Å²) in [5.74, 6) is 0.391. The molecular formula is C12H20O. The van der Waals surface area contributed by atoms with Crippen LogP contribution in [0.2, 0.25) is 0 Å². The largest absolute Gasteiger partial charge is 0.299 e. The molecule has 1 aliphatic carbocycles. The van der Waals surface area contributed by atoms with E-state index in [1.165, 1.54) is 18.4 Å². The summed E-state index contributed by atoms with van der Waals surface area (Å²) in [6.07, 6.45) is 7.85. The summed E-state index contributed by atoms with van der Waals surface area (Å²) < 4.78 is 0. The molecule has 1 rings (SSSR count). The molecule has 0 radical (unpaired) electrons. The lowest BCUT2D eigenvalue weighted by Gasteiger charge is -2.24. The molecule has 0 spiro atoms. The van der Waals surface area contributed by atoms with Gasteiger partial charge in [0.1, 0.15) is 5.78 Å². The topological polar surface area (TPSA) is 17.1 Å². The van der Waals surface area contributed by atoms with E-state index < -0.39 is 0 Å². The van der Waals surface area contributed by atoms with E-state index in [-0.39, 0.29) is 5.41 Å². The fraction of sp³-hybridized carbons (Fsp3) is 0.750. The molecule has 0 unspecified atom stereocenters. The van der Waals surface area contributed by atoms with E-state index in [2.05, 4.69) is 19.9 Å². The minimum atomic E-state index is 0.0112. The first-order valence-corrected chi connectivity index (χ1v) is 5.21. The van der Waals surface area contributed by atoms with Crippen LogP contribution in [0, 0.1) is 5.41 Å². The molecule has 0 aromatic carbocycles. The number of hydrogen-bond acceptors (Lipinski definition) is 1. The summed E-state index contributed by atoms with van der Waals surface area (Å²) in [5, 5.41) is 0. The number of rotatable bonds is 3. The van der Waals surface area contributed by atoms with Crippen molar-refractivity contribution in [2.24, 2.45) is 5.41 Å². The average molecular weight is 180 g/mol. The number of ketones is 1. The normalized spacial score (nSPS) is 19.9. The van der Waals surface area contributed by atoms with E-state index in [9.17, 15) is 4.79 Å². The molecule has 1 aliphatic rings. The van der Waals surface area contributed by atoms with Crippen LogP contribution in [0.25, 0.3) is 0 Å². The SMILES string of the molecule is CC(=O)C1(CC=C(C)C)CCCC1. The fourth-order valence-electron chi connectivity index (χ4n) is 2.15. The Balaban J connectivity index is 2.68. The lowest BCUT2D eigenvalue weighted by atomic mass is 9.79. The molecule has 1 heteroatoms. The van der Waals surface area contributed by atoms with Crippen LogP contribution < -0.4 is 0 Å². The van der Waals surface area contributed by atoms with Crippen molar-refractivity contribution in [2.75, 3.05) is 0 Å². The van der Waals surface area contributed by atoms with Gasteiger partial charge in [0, 0.05) is 5.41 Å². The molecule has 0 aromatic heterocycles. The van der Waals surface area contributed by atoms with Gasteiger partial charge in [0.05, 0.1) is 0 Å². The molecule has 0 heterocycles. The third-order valence-corrected chi connectivity index (χ3v) is 3.21. The predicted molar refractivity (Wildman–Crippen MR) is 55.6 cm³/mol. The Hall–Kier alpha value is -0.590. The van der Waals surface area contributed by atoms with Crippen molar-refractivity contribution in [1.29, 1.82) is 0 Å². The smallest absolute Gasteiger partial charge is 0.136 e. The summed E-state index contributed by atoms with van der Waals surface area (Å²) in [6.45, 7) is 5.95. The number of hydrogen-bond donors (Lipinski definition) is 0. The van der Waals surface area contributed by atoms with Gasteiger partial charge in [-0.05, 0) is 40.0 Å². The molecule has 1 fully saturated rings. The van der Waals surface area contributed by atoms with Gasteiger partial charge in [0.2, 0.25) is 0 Å². The maximum Gasteiger partial charge on any atom is 0.136 e. The molecule has 0 saturated heterocycles. The number of allylic oxidation sites excluding steroid dienone is 2. The molecule has 0 aliphatic heterocycles. The quantitative estimate of drug-likeness (QED) is 0.607. The first-order chi connectivity index (χ1) is 6.07. The van der Waals surface area contributed by atoms with Crippen molar-refractivity contribution in [3.8, 4) is 0 Å². The van der Waals surface area contributed by atoms with Crippen LogP contribution in [-0.4, -0.2) is 5.78 Å². The van der Waals surface area contributed by atoms with Gasteiger partial charge in [0.15, 0.2) is 0 Å². The Kier molecular flexibility index (Phi) is 3.29. The molecule has 0 aromatic rings. The number of carbonyl (C=O) groups is 1. The van der Waals surface area contributed by atoms with Crippen LogP contribution >= 0.6 is 0 Å². The van der Waals surface area contributed by atoms with Crippen molar-refractivity contribution < 1.29 is 4.79 Å². The second-order valence-electron chi connectivity index (χ2n) is 4.53. The Morgan fingerprint density at radius 3 is 2.15 bits per heavy atom. The second-order valence-corrected chi connectivity index (χ2v) is 4.53.